The molecular weight excluding hydrogens is 308 g/mol. The Morgan fingerprint density at radius 1 is 0.840 bits per heavy atom. The van der Waals surface area contributed by atoms with E-state index < -0.39 is 0 Å². The van der Waals surface area contributed by atoms with Gasteiger partial charge in [-0.25, -0.2) is 0 Å². The highest BCUT2D eigenvalue weighted by atomic mass is 16.5. The van der Waals surface area contributed by atoms with Crippen LogP contribution in [0.3, 0.4) is 0 Å². The summed E-state index contributed by atoms with van der Waals surface area (Å²) in [4.78, 5) is 0. The smallest absolute Gasteiger partial charge is 0.129 e. The minimum absolute atomic E-state index is 0.0246. The predicted molar refractivity (Wildman–Crippen MR) is 102 cm³/mol. The Kier molecular flexibility index (Phi) is 5.86. The maximum Gasteiger partial charge on any atom is 0.129 e. The lowest BCUT2D eigenvalue weighted by Gasteiger charge is -2.22. The average Bonchev–Trinajstić information content (AvgIpc) is 2.69. The Balaban J connectivity index is 1.95. The van der Waals surface area contributed by atoms with Crippen LogP contribution in [0.1, 0.15) is 41.5 Å². The fraction of sp³-hybridized carbons (Fsp3) is 0.217. The molecule has 0 heterocycles. The van der Waals surface area contributed by atoms with Crippen LogP contribution in [-0.4, -0.2) is 5.11 Å². The van der Waals surface area contributed by atoms with Crippen LogP contribution in [0.4, 0.5) is 0 Å². The van der Waals surface area contributed by atoms with E-state index in [1.165, 1.54) is 5.56 Å². The fourth-order valence-corrected chi connectivity index (χ4v) is 3.23. The van der Waals surface area contributed by atoms with Crippen LogP contribution in [0.5, 0.6) is 5.75 Å². The molecule has 0 aliphatic carbocycles. The van der Waals surface area contributed by atoms with Crippen molar-refractivity contribution in [2.75, 3.05) is 0 Å². The molecule has 0 spiro atoms. The summed E-state index contributed by atoms with van der Waals surface area (Å²) in [5, 5.41) is 9.79. The maximum atomic E-state index is 9.79. The second kappa shape index (κ2) is 8.50. The van der Waals surface area contributed by atoms with E-state index in [1.807, 2.05) is 36.4 Å². The first kappa shape index (κ1) is 17.2. The molecule has 1 N–H and O–H groups in total. The van der Waals surface area contributed by atoms with Crippen molar-refractivity contribution in [2.45, 2.75) is 32.5 Å². The second-order valence-corrected chi connectivity index (χ2v) is 6.14. The predicted octanol–water partition coefficient (Wildman–Crippen LogP) is 5.30. The minimum atomic E-state index is -0.0246. The number of hydrogen-bond acceptors (Lipinski definition) is 2. The van der Waals surface area contributed by atoms with Gasteiger partial charge in [0.1, 0.15) is 12.4 Å². The van der Waals surface area contributed by atoms with Gasteiger partial charge in [-0.3, -0.25) is 0 Å². The molecule has 0 radical (unpaired) electrons. The van der Waals surface area contributed by atoms with Crippen LogP contribution in [0.25, 0.3) is 0 Å². The molecule has 2 heteroatoms. The van der Waals surface area contributed by atoms with Gasteiger partial charge in [0.15, 0.2) is 0 Å². The molecule has 25 heavy (non-hydrogen) atoms. The van der Waals surface area contributed by atoms with E-state index in [2.05, 4.69) is 49.4 Å². The summed E-state index contributed by atoms with van der Waals surface area (Å²) in [6.07, 6.45) is 0.973. The van der Waals surface area contributed by atoms with E-state index in [-0.39, 0.29) is 12.5 Å². The van der Waals surface area contributed by atoms with Gasteiger partial charge in [-0.1, -0.05) is 85.8 Å². The number of rotatable bonds is 7. The molecule has 0 aromatic heterocycles. The van der Waals surface area contributed by atoms with Crippen LogP contribution in [-0.2, 0) is 13.2 Å². The van der Waals surface area contributed by atoms with Crippen LogP contribution in [0.15, 0.2) is 78.9 Å². The number of aliphatic hydroxyl groups excluding tert-OH is 1. The number of aliphatic hydroxyl groups is 1. The molecule has 0 saturated heterocycles. The number of para-hydroxylation sites is 1. The van der Waals surface area contributed by atoms with Crippen LogP contribution in [0.2, 0.25) is 0 Å². The Hall–Kier alpha value is -2.58. The van der Waals surface area contributed by atoms with Gasteiger partial charge in [-0.15, -0.1) is 0 Å². The van der Waals surface area contributed by atoms with Gasteiger partial charge in [0.2, 0.25) is 0 Å². The topological polar surface area (TPSA) is 29.5 Å². The van der Waals surface area contributed by atoms with E-state index in [1.54, 1.807) is 0 Å². The lowest BCUT2D eigenvalue weighted by atomic mass is 9.87. The molecule has 1 atom stereocenters. The molecule has 3 aromatic carbocycles. The van der Waals surface area contributed by atoms with Crippen molar-refractivity contribution in [1.29, 1.82) is 0 Å². The zero-order valence-corrected chi connectivity index (χ0v) is 14.6. The molecule has 0 saturated carbocycles. The van der Waals surface area contributed by atoms with Crippen LogP contribution in [0, 0.1) is 0 Å². The summed E-state index contributed by atoms with van der Waals surface area (Å²) in [7, 11) is 0. The van der Waals surface area contributed by atoms with Gasteiger partial charge >= 0.3 is 0 Å². The van der Waals surface area contributed by atoms with Gasteiger partial charge in [-0.2, -0.15) is 0 Å². The number of ether oxygens (including phenoxy) is 1. The number of hydrogen-bond donors (Lipinski definition) is 1. The average molecular weight is 332 g/mol. The molecule has 0 aliphatic heterocycles. The van der Waals surface area contributed by atoms with E-state index in [0.717, 1.165) is 28.9 Å². The van der Waals surface area contributed by atoms with Crippen LogP contribution >= 0.6 is 0 Å². The minimum Gasteiger partial charge on any atom is -0.488 e. The first-order valence-electron chi connectivity index (χ1n) is 8.77. The lowest BCUT2D eigenvalue weighted by Crippen LogP contribution is -2.07. The van der Waals surface area contributed by atoms with Crippen molar-refractivity contribution in [1.82, 2.24) is 0 Å². The molecule has 2 nitrogen and oxygen atoms in total. The standard InChI is InChI=1S/C23H24O2/c1-2-21(19-12-7-4-8-13-19)22-15-9-14-20(16-24)23(22)25-17-18-10-5-3-6-11-18/h3-15,21,24H,2,16-17H2,1H3/t21-/m0/s1. The first-order chi connectivity index (χ1) is 12.3. The van der Waals surface area contributed by atoms with Gasteiger partial charge in [0.25, 0.3) is 0 Å². The third-order valence-electron chi connectivity index (χ3n) is 4.51. The SMILES string of the molecule is CC[C@@H](c1ccccc1)c1cccc(CO)c1OCc1ccccc1. The molecule has 0 aliphatic rings. The molecule has 3 aromatic rings. The first-order valence-corrected chi connectivity index (χ1v) is 8.77. The zero-order chi connectivity index (χ0) is 17.5. The summed E-state index contributed by atoms with van der Waals surface area (Å²) in [5.74, 6) is 1.06. The monoisotopic (exact) mass is 332 g/mol. The zero-order valence-electron chi connectivity index (χ0n) is 14.6. The van der Waals surface area contributed by atoms with E-state index in [0.29, 0.717) is 6.61 Å². The second-order valence-electron chi connectivity index (χ2n) is 6.14. The summed E-state index contributed by atoms with van der Waals surface area (Å²) in [6, 6.07) is 26.6. The Morgan fingerprint density at radius 3 is 2.16 bits per heavy atom. The molecule has 0 bridgehead atoms. The summed E-state index contributed by atoms with van der Waals surface area (Å²) < 4.78 is 6.19. The summed E-state index contributed by atoms with van der Waals surface area (Å²) in [5.41, 5.74) is 4.36. The van der Waals surface area contributed by atoms with Crippen molar-refractivity contribution < 1.29 is 9.84 Å². The van der Waals surface area contributed by atoms with Gasteiger partial charge < -0.3 is 9.84 Å². The quantitative estimate of drug-likeness (QED) is 0.636. The third kappa shape index (κ3) is 4.09. The highest BCUT2D eigenvalue weighted by Crippen LogP contribution is 2.37. The van der Waals surface area contributed by atoms with Crippen molar-refractivity contribution in [3.8, 4) is 5.75 Å². The van der Waals surface area contributed by atoms with Gasteiger partial charge in [0.05, 0.1) is 6.61 Å². The van der Waals surface area contributed by atoms with E-state index in [9.17, 15) is 5.11 Å². The molecule has 128 valence electrons. The van der Waals surface area contributed by atoms with E-state index in [4.69, 9.17) is 4.74 Å². The molecule has 0 unspecified atom stereocenters. The Labute approximate surface area is 149 Å². The highest BCUT2D eigenvalue weighted by molar-refractivity contribution is 5.47. The van der Waals surface area contributed by atoms with Crippen LogP contribution < -0.4 is 4.74 Å². The lowest BCUT2D eigenvalue weighted by molar-refractivity contribution is 0.257. The third-order valence-corrected chi connectivity index (χ3v) is 4.51. The van der Waals surface area contributed by atoms with Crippen molar-refractivity contribution >= 4 is 0 Å². The van der Waals surface area contributed by atoms with Crippen molar-refractivity contribution in [2.24, 2.45) is 0 Å². The normalized spacial score (nSPS) is 11.9. The van der Waals surface area contributed by atoms with Gasteiger partial charge in [0, 0.05) is 17.0 Å². The Morgan fingerprint density at radius 2 is 1.52 bits per heavy atom. The highest BCUT2D eigenvalue weighted by Gasteiger charge is 2.19. The molecular formula is C23H24O2. The molecule has 0 amide bonds. The maximum absolute atomic E-state index is 9.79. The number of benzene rings is 3. The van der Waals surface area contributed by atoms with Crippen molar-refractivity contribution in [3.05, 3.63) is 101 Å². The molecule has 3 rings (SSSR count). The molecule has 0 fully saturated rings. The summed E-state index contributed by atoms with van der Waals surface area (Å²) in [6.45, 7) is 2.66. The summed E-state index contributed by atoms with van der Waals surface area (Å²) >= 11 is 0. The largest absolute Gasteiger partial charge is 0.488 e. The Bertz CT molecular complexity index is 782. The fourth-order valence-electron chi connectivity index (χ4n) is 3.23. The van der Waals surface area contributed by atoms with Gasteiger partial charge in [-0.05, 0) is 17.5 Å². The van der Waals surface area contributed by atoms with E-state index >= 15 is 0 Å². The van der Waals surface area contributed by atoms with Crippen molar-refractivity contribution in [3.63, 3.8) is 0 Å².